The van der Waals surface area contributed by atoms with E-state index < -0.39 is 0 Å². The molecule has 0 radical (unpaired) electrons. The van der Waals surface area contributed by atoms with Crippen molar-refractivity contribution < 1.29 is 0 Å². The smallest absolute Gasteiger partial charge is 0.104 e. The fourth-order valence-electron chi connectivity index (χ4n) is 2.22. The normalized spacial score (nSPS) is 10.3. The van der Waals surface area contributed by atoms with Crippen LogP contribution >= 0.6 is 23.8 Å². The zero-order valence-corrected chi connectivity index (χ0v) is 13.1. The van der Waals surface area contributed by atoms with Crippen molar-refractivity contribution in [2.24, 2.45) is 5.73 Å². The molecule has 0 aliphatic carbocycles. The molecule has 2 rings (SSSR count). The molecule has 0 spiro atoms. The molecule has 0 saturated carbocycles. The van der Waals surface area contributed by atoms with Gasteiger partial charge in [-0.2, -0.15) is 0 Å². The second-order valence-corrected chi connectivity index (χ2v) is 5.41. The summed E-state index contributed by atoms with van der Waals surface area (Å²) in [6.45, 7) is 5.02. The van der Waals surface area contributed by atoms with E-state index in [9.17, 15) is 0 Å². The van der Waals surface area contributed by atoms with Crippen LogP contribution in [0.4, 0.5) is 11.4 Å². The van der Waals surface area contributed by atoms with E-state index in [2.05, 4.69) is 30.9 Å². The Morgan fingerprint density at radius 2 is 1.90 bits per heavy atom. The van der Waals surface area contributed by atoms with Gasteiger partial charge in [0.2, 0.25) is 0 Å². The average molecular weight is 305 g/mol. The molecule has 0 aliphatic heterocycles. The standard InChI is InChI=1S/C16H17ClN2S/c1-3-19(14-7-5-4-6-11(14)2)15-9-8-12(16(18)20)10-13(15)17/h4-10H,3H2,1-2H3,(H2,18,20). The molecular formula is C16H17ClN2S. The van der Waals surface area contributed by atoms with Gasteiger partial charge >= 0.3 is 0 Å². The van der Waals surface area contributed by atoms with Crippen LogP contribution in [0.5, 0.6) is 0 Å². The van der Waals surface area contributed by atoms with Crippen LogP contribution in [0.1, 0.15) is 18.1 Å². The molecular weight excluding hydrogens is 288 g/mol. The minimum Gasteiger partial charge on any atom is -0.389 e. The van der Waals surface area contributed by atoms with E-state index >= 15 is 0 Å². The lowest BCUT2D eigenvalue weighted by molar-refractivity contribution is 1.02. The quantitative estimate of drug-likeness (QED) is 0.847. The average Bonchev–Trinajstić information content (AvgIpc) is 2.43. The van der Waals surface area contributed by atoms with Gasteiger partial charge in [0.1, 0.15) is 4.99 Å². The maximum absolute atomic E-state index is 6.39. The van der Waals surface area contributed by atoms with Crippen molar-refractivity contribution in [3.05, 3.63) is 58.6 Å². The predicted molar refractivity (Wildman–Crippen MR) is 91.2 cm³/mol. The molecule has 0 unspecified atom stereocenters. The van der Waals surface area contributed by atoms with Crippen molar-refractivity contribution >= 4 is 40.2 Å². The number of para-hydroxylation sites is 1. The Bertz CT molecular complexity index is 640. The largest absolute Gasteiger partial charge is 0.389 e. The molecule has 2 aromatic carbocycles. The van der Waals surface area contributed by atoms with Crippen molar-refractivity contribution in [3.8, 4) is 0 Å². The van der Waals surface area contributed by atoms with E-state index in [4.69, 9.17) is 29.6 Å². The lowest BCUT2D eigenvalue weighted by Gasteiger charge is -2.26. The third kappa shape index (κ3) is 2.94. The Balaban J connectivity index is 2.48. The highest BCUT2D eigenvalue weighted by Crippen LogP contribution is 2.33. The fourth-order valence-corrected chi connectivity index (χ4v) is 2.63. The van der Waals surface area contributed by atoms with Gasteiger partial charge in [0.15, 0.2) is 0 Å². The molecule has 104 valence electrons. The molecule has 0 atom stereocenters. The van der Waals surface area contributed by atoms with Crippen molar-refractivity contribution in [1.82, 2.24) is 0 Å². The molecule has 0 saturated heterocycles. The Morgan fingerprint density at radius 1 is 1.20 bits per heavy atom. The van der Waals surface area contributed by atoms with Crippen molar-refractivity contribution in [3.63, 3.8) is 0 Å². The molecule has 0 heterocycles. The summed E-state index contributed by atoms with van der Waals surface area (Å²) in [6, 6.07) is 13.9. The second kappa shape index (κ2) is 6.25. The summed E-state index contributed by atoms with van der Waals surface area (Å²) in [6.07, 6.45) is 0. The first-order chi connectivity index (χ1) is 9.54. The number of aryl methyl sites for hydroxylation is 1. The van der Waals surface area contributed by atoms with E-state index in [-0.39, 0.29) is 0 Å². The van der Waals surface area contributed by atoms with Crippen molar-refractivity contribution in [2.45, 2.75) is 13.8 Å². The van der Waals surface area contributed by atoms with Crippen LogP contribution in [-0.4, -0.2) is 11.5 Å². The number of rotatable bonds is 4. The molecule has 0 amide bonds. The van der Waals surface area contributed by atoms with Crippen molar-refractivity contribution in [2.75, 3.05) is 11.4 Å². The summed E-state index contributed by atoms with van der Waals surface area (Å²) in [4.78, 5) is 2.54. The van der Waals surface area contributed by atoms with E-state index in [0.29, 0.717) is 10.0 Å². The van der Waals surface area contributed by atoms with Crippen LogP contribution in [-0.2, 0) is 0 Å². The maximum atomic E-state index is 6.39. The number of nitrogens with two attached hydrogens (primary N) is 1. The summed E-state index contributed by atoms with van der Waals surface area (Å²) in [5, 5.41) is 0.653. The molecule has 2 aromatic rings. The van der Waals surface area contributed by atoms with E-state index in [1.807, 2.05) is 30.3 Å². The lowest BCUT2D eigenvalue weighted by atomic mass is 10.1. The Kier molecular flexibility index (Phi) is 4.63. The van der Waals surface area contributed by atoms with Gasteiger partial charge < -0.3 is 10.6 Å². The van der Waals surface area contributed by atoms with Gasteiger partial charge in [-0.05, 0) is 43.7 Å². The van der Waals surface area contributed by atoms with Gasteiger partial charge in [-0.1, -0.05) is 42.0 Å². The third-order valence-electron chi connectivity index (χ3n) is 3.25. The molecule has 4 heteroatoms. The Labute approximate surface area is 130 Å². The Morgan fingerprint density at radius 3 is 2.45 bits per heavy atom. The highest BCUT2D eigenvalue weighted by Gasteiger charge is 2.13. The molecule has 2 N–H and O–H groups in total. The summed E-state index contributed by atoms with van der Waals surface area (Å²) < 4.78 is 0. The monoisotopic (exact) mass is 304 g/mol. The van der Waals surface area contributed by atoms with Crippen molar-refractivity contribution in [1.29, 1.82) is 0 Å². The predicted octanol–water partition coefficient (Wildman–Crippen LogP) is 4.44. The van der Waals surface area contributed by atoms with Crippen LogP contribution < -0.4 is 10.6 Å². The number of benzene rings is 2. The number of hydrogen-bond donors (Lipinski definition) is 1. The first-order valence-electron chi connectivity index (χ1n) is 6.47. The minimum atomic E-state index is 0.359. The van der Waals surface area contributed by atoms with Gasteiger partial charge in [-0.25, -0.2) is 0 Å². The number of thiocarbonyl (C=S) groups is 1. The maximum Gasteiger partial charge on any atom is 0.104 e. The number of anilines is 2. The summed E-state index contributed by atoms with van der Waals surface area (Å²) in [7, 11) is 0. The third-order valence-corrected chi connectivity index (χ3v) is 3.78. The first-order valence-corrected chi connectivity index (χ1v) is 7.25. The summed E-state index contributed by atoms with van der Waals surface area (Å²) in [5.74, 6) is 0. The van der Waals surface area contributed by atoms with E-state index in [1.54, 1.807) is 0 Å². The molecule has 0 fully saturated rings. The van der Waals surface area contributed by atoms with Crippen LogP contribution in [0, 0.1) is 6.92 Å². The second-order valence-electron chi connectivity index (χ2n) is 4.56. The zero-order valence-electron chi connectivity index (χ0n) is 11.6. The van der Waals surface area contributed by atoms with Gasteiger partial charge in [0.25, 0.3) is 0 Å². The molecule has 0 aliphatic rings. The Hall–Kier alpha value is -1.58. The molecule has 2 nitrogen and oxygen atoms in total. The SMILES string of the molecule is CCN(c1ccccc1C)c1ccc(C(N)=S)cc1Cl. The summed E-state index contributed by atoms with van der Waals surface area (Å²) >= 11 is 11.4. The summed E-state index contributed by atoms with van der Waals surface area (Å²) in [5.41, 5.74) is 9.75. The molecule has 20 heavy (non-hydrogen) atoms. The van der Waals surface area contributed by atoms with Crippen LogP contribution in [0.2, 0.25) is 5.02 Å². The van der Waals surface area contributed by atoms with Gasteiger partial charge in [-0.3, -0.25) is 0 Å². The molecule has 0 aromatic heterocycles. The van der Waals surface area contributed by atoms with E-state index in [0.717, 1.165) is 23.5 Å². The van der Waals surface area contributed by atoms with Crippen LogP contribution in [0.15, 0.2) is 42.5 Å². The van der Waals surface area contributed by atoms with E-state index in [1.165, 1.54) is 5.56 Å². The highest BCUT2D eigenvalue weighted by atomic mass is 35.5. The number of hydrogen-bond acceptors (Lipinski definition) is 2. The van der Waals surface area contributed by atoms with Gasteiger partial charge in [0.05, 0.1) is 10.7 Å². The first kappa shape index (κ1) is 14.8. The number of halogens is 1. The highest BCUT2D eigenvalue weighted by molar-refractivity contribution is 7.80. The fraction of sp³-hybridized carbons (Fsp3) is 0.188. The minimum absolute atomic E-state index is 0.359. The van der Waals surface area contributed by atoms with Gasteiger partial charge in [0, 0.05) is 17.8 Å². The molecule has 0 bridgehead atoms. The zero-order chi connectivity index (χ0) is 14.7. The van der Waals surface area contributed by atoms with Crippen LogP contribution in [0.25, 0.3) is 0 Å². The topological polar surface area (TPSA) is 29.3 Å². The lowest BCUT2D eigenvalue weighted by Crippen LogP contribution is -2.18. The van der Waals surface area contributed by atoms with Gasteiger partial charge in [-0.15, -0.1) is 0 Å². The van der Waals surface area contributed by atoms with Crippen LogP contribution in [0.3, 0.4) is 0 Å². The number of nitrogens with zero attached hydrogens (tertiary/aromatic N) is 1.